The lowest BCUT2D eigenvalue weighted by Crippen LogP contribution is -2.47. The fraction of sp³-hybridized carbons (Fsp3) is 0.320. The Balaban J connectivity index is 1.44. The van der Waals surface area contributed by atoms with Gasteiger partial charge in [-0.1, -0.05) is 35.9 Å². The van der Waals surface area contributed by atoms with Crippen LogP contribution in [0.5, 0.6) is 0 Å². The number of rotatable bonds is 6. The topological polar surface area (TPSA) is 88.6 Å². The van der Waals surface area contributed by atoms with Gasteiger partial charge in [-0.05, 0) is 43.0 Å². The van der Waals surface area contributed by atoms with Crippen molar-refractivity contribution in [2.24, 2.45) is 0 Å². The molecule has 1 aliphatic heterocycles. The summed E-state index contributed by atoms with van der Waals surface area (Å²) in [4.78, 5) is 62.8. The second-order valence-corrected chi connectivity index (χ2v) is 8.30. The van der Waals surface area contributed by atoms with E-state index in [0.29, 0.717) is 19.3 Å². The van der Waals surface area contributed by atoms with E-state index in [1.54, 1.807) is 18.2 Å². The molecule has 2 aromatic rings. The number of carbonyl (C=O) groups is 5. The summed E-state index contributed by atoms with van der Waals surface area (Å²) in [7, 11) is 0. The van der Waals surface area contributed by atoms with Crippen LogP contribution in [-0.2, 0) is 27.2 Å². The molecule has 0 spiro atoms. The summed E-state index contributed by atoms with van der Waals surface area (Å²) in [5.41, 5.74) is 3.41. The molecular weight excluding hydrogens is 394 g/mol. The molecule has 2 aliphatic rings. The molecule has 2 aromatic carbocycles. The van der Waals surface area contributed by atoms with E-state index in [1.165, 1.54) is 0 Å². The van der Waals surface area contributed by atoms with E-state index in [-0.39, 0.29) is 47.7 Å². The number of fused-ring (bicyclic) bond motifs is 1. The maximum absolute atomic E-state index is 12.9. The Hall–Kier alpha value is -3.41. The van der Waals surface area contributed by atoms with Gasteiger partial charge in [-0.15, -0.1) is 0 Å². The van der Waals surface area contributed by atoms with Crippen LogP contribution in [-0.4, -0.2) is 40.1 Å². The van der Waals surface area contributed by atoms with Crippen molar-refractivity contribution in [1.82, 2.24) is 4.90 Å². The minimum Gasteiger partial charge on any atom is -0.299 e. The number of ketones is 3. The highest BCUT2D eigenvalue weighted by atomic mass is 16.2. The first kappa shape index (κ1) is 20.8. The van der Waals surface area contributed by atoms with Gasteiger partial charge in [0, 0.05) is 19.3 Å². The number of amides is 2. The number of imide groups is 1. The highest BCUT2D eigenvalue weighted by molar-refractivity contribution is 6.23. The van der Waals surface area contributed by atoms with Crippen molar-refractivity contribution < 1.29 is 24.0 Å². The smallest absolute Gasteiger partial charge is 0.262 e. The molecule has 1 heterocycles. The molecule has 4 rings (SSSR count). The number of aryl methyl sites for hydroxylation is 2. The van der Waals surface area contributed by atoms with Gasteiger partial charge in [-0.25, -0.2) is 0 Å². The minimum absolute atomic E-state index is 0.104. The van der Waals surface area contributed by atoms with Crippen molar-refractivity contribution in [3.05, 3.63) is 70.3 Å². The van der Waals surface area contributed by atoms with Crippen molar-refractivity contribution in [2.75, 3.05) is 0 Å². The third-order valence-corrected chi connectivity index (χ3v) is 5.91. The molecular formula is C25H23NO5. The normalized spacial score (nSPS) is 18.5. The SMILES string of the molecule is Cc1cccc(CC(=O)CCc2ccc3c(c2)C(=O)N(C2CCC(=O)CC2=O)C3=O)c1. The second kappa shape index (κ2) is 8.38. The van der Waals surface area contributed by atoms with Crippen molar-refractivity contribution in [2.45, 2.75) is 51.5 Å². The quantitative estimate of drug-likeness (QED) is 0.532. The standard InChI is InChI=1S/C25H23NO5/c1-15-3-2-4-17(11-15)12-18(27)7-5-16-6-9-20-21(13-16)25(31)26(24(20)30)22-10-8-19(28)14-23(22)29/h2-4,6,9,11,13,22H,5,7-8,10,12,14H2,1H3. The lowest BCUT2D eigenvalue weighted by atomic mass is 9.92. The molecule has 0 aromatic heterocycles. The van der Waals surface area contributed by atoms with Crippen LogP contribution >= 0.6 is 0 Å². The zero-order valence-electron chi connectivity index (χ0n) is 17.3. The first-order chi connectivity index (χ1) is 14.8. The fourth-order valence-corrected chi connectivity index (χ4v) is 4.30. The number of Topliss-reactive ketones (excluding diaryl/α,β-unsaturated/α-hetero) is 3. The summed E-state index contributed by atoms with van der Waals surface area (Å²) in [6.45, 7) is 1.98. The van der Waals surface area contributed by atoms with Gasteiger partial charge in [0.2, 0.25) is 0 Å². The molecule has 6 heteroatoms. The van der Waals surface area contributed by atoms with E-state index in [0.717, 1.165) is 21.6 Å². The molecule has 0 N–H and O–H groups in total. The molecule has 0 bridgehead atoms. The number of carbonyl (C=O) groups excluding carboxylic acids is 5. The van der Waals surface area contributed by atoms with Crippen LogP contribution in [0.2, 0.25) is 0 Å². The zero-order valence-corrected chi connectivity index (χ0v) is 17.3. The highest BCUT2D eigenvalue weighted by Gasteiger charge is 2.44. The van der Waals surface area contributed by atoms with Gasteiger partial charge in [0.05, 0.1) is 23.6 Å². The molecule has 158 valence electrons. The average molecular weight is 417 g/mol. The zero-order chi connectivity index (χ0) is 22.1. The van der Waals surface area contributed by atoms with E-state index in [1.807, 2.05) is 31.2 Å². The van der Waals surface area contributed by atoms with E-state index in [2.05, 4.69) is 0 Å². The van der Waals surface area contributed by atoms with Crippen molar-refractivity contribution in [3.63, 3.8) is 0 Å². The van der Waals surface area contributed by atoms with E-state index in [9.17, 15) is 24.0 Å². The first-order valence-electron chi connectivity index (χ1n) is 10.5. The maximum atomic E-state index is 12.9. The van der Waals surface area contributed by atoms with Crippen molar-refractivity contribution >= 4 is 29.2 Å². The third kappa shape index (κ3) is 4.24. The molecule has 1 atom stereocenters. The summed E-state index contributed by atoms with van der Waals surface area (Å²) < 4.78 is 0. The summed E-state index contributed by atoms with van der Waals surface area (Å²) >= 11 is 0. The minimum atomic E-state index is -0.871. The molecule has 1 unspecified atom stereocenters. The van der Waals surface area contributed by atoms with Gasteiger partial charge in [0.15, 0.2) is 5.78 Å². The summed E-state index contributed by atoms with van der Waals surface area (Å²) in [5.74, 6) is -1.42. The van der Waals surface area contributed by atoms with E-state index < -0.39 is 17.9 Å². The van der Waals surface area contributed by atoms with Gasteiger partial charge < -0.3 is 0 Å². The van der Waals surface area contributed by atoms with Crippen LogP contribution in [0.15, 0.2) is 42.5 Å². The summed E-state index contributed by atoms with van der Waals surface area (Å²) in [6, 6.07) is 12.0. The van der Waals surface area contributed by atoms with Crippen LogP contribution in [0.1, 0.15) is 63.1 Å². The molecule has 2 amide bonds. The molecule has 1 fully saturated rings. The molecule has 0 radical (unpaired) electrons. The fourth-order valence-electron chi connectivity index (χ4n) is 4.30. The predicted molar refractivity (Wildman–Crippen MR) is 113 cm³/mol. The van der Waals surface area contributed by atoms with Gasteiger partial charge in [-0.3, -0.25) is 28.9 Å². The number of benzene rings is 2. The Labute approximate surface area is 180 Å². The van der Waals surface area contributed by atoms with Gasteiger partial charge in [-0.2, -0.15) is 0 Å². The Morgan fingerprint density at radius 2 is 1.74 bits per heavy atom. The number of hydrogen-bond donors (Lipinski definition) is 0. The third-order valence-electron chi connectivity index (χ3n) is 5.91. The maximum Gasteiger partial charge on any atom is 0.262 e. The van der Waals surface area contributed by atoms with Crippen molar-refractivity contribution in [3.8, 4) is 0 Å². The lowest BCUT2D eigenvalue weighted by molar-refractivity contribution is -0.132. The molecule has 1 saturated carbocycles. The molecule has 6 nitrogen and oxygen atoms in total. The van der Waals surface area contributed by atoms with Gasteiger partial charge >= 0.3 is 0 Å². The lowest BCUT2D eigenvalue weighted by Gasteiger charge is -2.27. The molecule has 1 aliphatic carbocycles. The summed E-state index contributed by atoms with van der Waals surface area (Å²) in [6.07, 6.45) is 1.31. The number of hydrogen-bond acceptors (Lipinski definition) is 5. The van der Waals surface area contributed by atoms with Crippen molar-refractivity contribution in [1.29, 1.82) is 0 Å². The summed E-state index contributed by atoms with van der Waals surface area (Å²) in [5, 5.41) is 0. The van der Waals surface area contributed by atoms with E-state index >= 15 is 0 Å². The molecule has 0 saturated heterocycles. The van der Waals surface area contributed by atoms with Crippen LogP contribution in [0.3, 0.4) is 0 Å². The monoisotopic (exact) mass is 417 g/mol. The first-order valence-corrected chi connectivity index (χ1v) is 10.5. The Bertz CT molecular complexity index is 1120. The predicted octanol–water partition coefficient (Wildman–Crippen LogP) is 3.03. The molecule has 31 heavy (non-hydrogen) atoms. The average Bonchev–Trinajstić information content (AvgIpc) is 2.97. The van der Waals surface area contributed by atoms with Crippen LogP contribution in [0.4, 0.5) is 0 Å². The Morgan fingerprint density at radius 3 is 2.48 bits per heavy atom. The second-order valence-electron chi connectivity index (χ2n) is 8.30. The highest BCUT2D eigenvalue weighted by Crippen LogP contribution is 2.30. The van der Waals surface area contributed by atoms with Crippen LogP contribution in [0.25, 0.3) is 0 Å². The Kier molecular flexibility index (Phi) is 5.63. The largest absolute Gasteiger partial charge is 0.299 e. The number of nitrogens with zero attached hydrogens (tertiary/aromatic N) is 1. The van der Waals surface area contributed by atoms with Crippen LogP contribution in [0, 0.1) is 6.92 Å². The van der Waals surface area contributed by atoms with E-state index in [4.69, 9.17) is 0 Å². The van der Waals surface area contributed by atoms with Gasteiger partial charge in [0.1, 0.15) is 11.6 Å². The Morgan fingerprint density at radius 1 is 0.968 bits per heavy atom. The van der Waals surface area contributed by atoms with Gasteiger partial charge in [0.25, 0.3) is 11.8 Å². The van der Waals surface area contributed by atoms with Crippen LogP contribution < -0.4 is 0 Å².